The van der Waals surface area contributed by atoms with Crippen molar-refractivity contribution in [3.8, 4) is 11.5 Å². The lowest BCUT2D eigenvalue weighted by Gasteiger charge is -2.28. The summed E-state index contributed by atoms with van der Waals surface area (Å²) in [6, 6.07) is 11.7. The molecule has 0 unspecified atom stereocenters. The van der Waals surface area contributed by atoms with Crippen LogP contribution >= 0.6 is 15.9 Å². The van der Waals surface area contributed by atoms with E-state index < -0.39 is 5.97 Å². The molecule has 2 aromatic carbocycles. The molecule has 0 radical (unpaired) electrons. The first-order valence-electron chi connectivity index (χ1n) is 9.73. The molecule has 0 saturated carbocycles. The van der Waals surface area contributed by atoms with Gasteiger partial charge >= 0.3 is 5.97 Å². The van der Waals surface area contributed by atoms with E-state index in [0.29, 0.717) is 18.1 Å². The number of methoxy groups -OCH3 is 1. The predicted octanol–water partition coefficient (Wildman–Crippen LogP) is 3.99. The van der Waals surface area contributed by atoms with Crippen LogP contribution in [0.15, 0.2) is 45.9 Å². The van der Waals surface area contributed by atoms with Gasteiger partial charge in [0.1, 0.15) is 0 Å². The van der Waals surface area contributed by atoms with Gasteiger partial charge in [0.05, 0.1) is 32.6 Å². The number of halogens is 1. The van der Waals surface area contributed by atoms with Crippen LogP contribution in [0.25, 0.3) is 0 Å². The van der Waals surface area contributed by atoms with E-state index in [1.165, 1.54) is 5.69 Å². The monoisotopic (exact) mass is 476 g/mol. The summed E-state index contributed by atoms with van der Waals surface area (Å²) in [4.78, 5) is 18.4. The van der Waals surface area contributed by atoms with E-state index in [9.17, 15) is 4.79 Å². The average molecular weight is 477 g/mol. The zero-order valence-electron chi connectivity index (χ0n) is 17.1. The van der Waals surface area contributed by atoms with Gasteiger partial charge in [0, 0.05) is 35.0 Å². The quantitative estimate of drug-likeness (QED) is 0.423. The van der Waals surface area contributed by atoms with E-state index >= 15 is 0 Å². The highest BCUT2D eigenvalue weighted by Crippen LogP contribution is 2.33. The maximum absolute atomic E-state index is 11.5. The van der Waals surface area contributed by atoms with Crippen molar-refractivity contribution in [1.29, 1.82) is 0 Å². The van der Waals surface area contributed by atoms with Gasteiger partial charge in [-0.3, -0.25) is 4.99 Å². The zero-order valence-corrected chi connectivity index (χ0v) is 18.7. The fraction of sp³-hybridized carbons (Fsp3) is 0.364. The summed E-state index contributed by atoms with van der Waals surface area (Å²) in [6.07, 6.45) is 1.76. The Hall–Kier alpha value is -2.58. The number of hydrogen-bond acceptors (Lipinski definition) is 7. The van der Waals surface area contributed by atoms with E-state index in [-0.39, 0.29) is 6.61 Å². The number of benzene rings is 2. The largest absolute Gasteiger partial charge is 0.493 e. The molecular weight excluding hydrogens is 452 g/mol. The van der Waals surface area contributed by atoms with Gasteiger partial charge < -0.3 is 23.8 Å². The highest BCUT2D eigenvalue weighted by atomic mass is 79.9. The molecule has 2 aromatic rings. The number of morpholine rings is 1. The lowest BCUT2D eigenvalue weighted by molar-refractivity contribution is -0.145. The van der Waals surface area contributed by atoms with Crippen molar-refractivity contribution in [2.75, 3.05) is 51.5 Å². The van der Waals surface area contributed by atoms with Crippen LogP contribution in [0.3, 0.4) is 0 Å². The topological polar surface area (TPSA) is 69.6 Å². The van der Waals surface area contributed by atoms with Gasteiger partial charge in [0.15, 0.2) is 18.1 Å². The second-order valence-corrected chi connectivity index (χ2v) is 7.35. The molecule has 0 spiro atoms. The van der Waals surface area contributed by atoms with Crippen LogP contribution in [-0.4, -0.2) is 58.8 Å². The van der Waals surface area contributed by atoms with Crippen molar-refractivity contribution < 1.29 is 23.7 Å². The lowest BCUT2D eigenvalue weighted by atomic mass is 10.2. The maximum atomic E-state index is 11.5. The molecule has 0 bridgehead atoms. The Kier molecular flexibility index (Phi) is 8.10. The van der Waals surface area contributed by atoms with Crippen LogP contribution < -0.4 is 14.4 Å². The second-order valence-electron chi connectivity index (χ2n) is 6.49. The Morgan fingerprint density at radius 1 is 1.20 bits per heavy atom. The standard InChI is InChI=1S/C22H25BrN2O5/c1-3-29-22(26)15-30-21-13-19(23)16(12-20(21)27-2)14-24-17-4-6-18(7-5-17)25-8-10-28-11-9-25/h4-7,12-14H,3,8-11,15H2,1-2H3. The summed E-state index contributed by atoms with van der Waals surface area (Å²) in [5.74, 6) is 0.526. The molecular formula is C22H25BrN2O5. The third-order valence-electron chi connectivity index (χ3n) is 4.51. The fourth-order valence-electron chi connectivity index (χ4n) is 2.98. The molecule has 0 aliphatic carbocycles. The third-order valence-corrected chi connectivity index (χ3v) is 5.20. The highest BCUT2D eigenvalue weighted by Gasteiger charge is 2.13. The molecule has 0 atom stereocenters. The summed E-state index contributed by atoms with van der Waals surface area (Å²) < 4.78 is 22.0. The minimum Gasteiger partial charge on any atom is -0.493 e. The molecule has 1 saturated heterocycles. The van der Waals surface area contributed by atoms with E-state index in [0.717, 1.165) is 42.0 Å². The Morgan fingerprint density at radius 2 is 1.93 bits per heavy atom. The van der Waals surface area contributed by atoms with Crippen molar-refractivity contribution >= 4 is 39.5 Å². The Morgan fingerprint density at radius 3 is 2.60 bits per heavy atom. The Labute approximate surface area is 184 Å². The molecule has 1 heterocycles. The number of carbonyl (C=O) groups is 1. The maximum Gasteiger partial charge on any atom is 0.344 e. The van der Waals surface area contributed by atoms with Crippen molar-refractivity contribution in [3.63, 3.8) is 0 Å². The first-order valence-corrected chi connectivity index (χ1v) is 10.5. The first-order chi connectivity index (χ1) is 14.6. The minimum absolute atomic E-state index is 0.181. The number of nitrogens with zero attached hydrogens (tertiary/aromatic N) is 2. The molecule has 7 nitrogen and oxygen atoms in total. The summed E-state index contributed by atoms with van der Waals surface area (Å²) in [5.41, 5.74) is 2.84. The molecule has 1 fully saturated rings. The van der Waals surface area contributed by atoms with E-state index in [2.05, 4.69) is 38.0 Å². The van der Waals surface area contributed by atoms with E-state index in [4.69, 9.17) is 18.9 Å². The van der Waals surface area contributed by atoms with E-state index in [1.807, 2.05) is 12.1 Å². The fourth-order valence-corrected chi connectivity index (χ4v) is 3.40. The molecule has 0 amide bonds. The third kappa shape index (κ3) is 5.96. The smallest absolute Gasteiger partial charge is 0.344 e. The number of carbonyl (C=O) groups excluding carboxylic acids is 1. The summed E-state index contributed by atoms with van der Waals surface area (Å²) >= 11 is 3.52. The molecule has 0 aromatic heterocycles. The summed E-state index contributed by atoms with van der Waals surface area (Å²) in [7, 11) is 1.55. The molecule has 160 valence electrons. The van der Waals surface area contributed by atoms with Crippen LogP contribution in [0.1, 0.15) is 12.5 Å². The zero-order chi connectivity index (χ0) is 21.3. The molecule has 0 N–H and O–H groups in total. The molecule has 1 aliphatic rings. The van der Waals surface area contributed by atoms with Gasteiger partial charge in [0.25, 0.3) is 0 Å². The highest BCUT2D eigenvalue weighted by molar-refractivity contribution is 9.10. The van der Waals surface area contributed by atoms with Gasteiger partial charge in [-0.25, -0.2) is 4.79 Å². The van der Waals surface area contributed by atoms with Crippen molar-refractivity contribution in [2.45, 2.75) is 6.92 Å². The predicted molar refractivity (Wildman–Crippen MR) is 120 cm³/mol. The minimum atomic E-state index is -0.429. The second kappa shape index (κ2) is 11.0. The number of hydrogen-bond donors (Lipinski definition) is 0. The van der Waals surface area contributed by atoms with Crippen LogP contribution in [0.2, 0.25) is 0 Å². The van der Waals surface area contributed by atoms with Crippen LogP contribution in [-0.2, 0) is 14.3 Å². The van der Waals surface area contributed by atoms with Gasteiger partial charge in [-0.15, -0.1) is 0 Å². The number of rotatable bonds is 8. The molecule has 8 heteroatoms. The van der Waals surface area contributed by atoms with Gasteiger partial charge in [-0.1, -0.05) is 0 Å². The van der Waals surface area contributed by atoms with Gasteiger partial charge in [0.2, 0.25) is 0 Å². The van der Waals surface area contributed by atoms with Crippen molar-refractivity contribution in [2.24, 2.45) is 4.99 Å². The SMILES string of the molecule is CCOC(=O)COc1cc(Br)c(C=Nc2ccc(N3CCOCC3)cc2)cc1OC. The van der Waals surface area contributed by atoms with Crippen LogP contribution in [0, 0.1) is 0 Å². The molecule has 1 aliphatic heterocycles. The Balaban J connectivity index is 1.69. The van der Waals surface area contributed by atoms with Crippen LogP contribution in [0.4, 0.5) is 11.4 Å². The van der Waals surface area contributed by atoms with Gasteiger partial charge in [-0.2, -0.15) is 0 Å². The van der Waals surface area contributed by atoms with Crippen molar-refractivity contribution in [3.05, 3.63) is 46.4 Å². The first kappa shape index (κ1) is 22.1. The number of ether oxygens (including phenoxy) is 4. The normalized spacial score (nSPS) is 14.0. The number of anilines is 1. The summed E-state index contributed by atoms with van der Waals surface area (Å²) in [6.45, 7) is 5.20. The number of aliphatic imine (C=N–C) groups is 1. The lowest BCUT2D eigenvalue weighted by Crippen LogP contribution is -2.36. The van der Waals surface area contributed by atoms with Gasteiger partial charge in [-0.05, 0) is 59.3 Å². The van der Waals surface area contributed by atoms with Crippen LogP contribution in [0.5, 0.6) is 11.5 Å². The molecule has 30 heavy (non-hydrogen) atoms. The molecule has 3 rings (SSSR count). The summed E-state index contributed by atoms with van der Waals surface area (Å²) in [5, 5.41) is 0. The number of esters is 1. The average Bonchev–Trinajstić information content (AvgIpc) is 2.78. The van der Waals surface area contributed by atoms with E-state index in [1.54, 1.807) is 32.4 Å². The Bertz CT molecular complexity index is 880. The van der Waals surface area contributed by atoms with Crippen molar-refractivity contribution in [1.82, 2.24) is 0 Å².